The van der Waals surface area contributed by atoms with E-state index in [9.17, 15) is 19.2 Å². The van der Waals surface area contributed by atoms with Crippen LogP contribution in [0.3, 0.4) is 0 Å². The Morgan fingerprint density at radius 3 is 2.15 bits per heavy atom. The maximum Gasteiger partial charge on any atom is 0.268 e. The first kappa shape index (κ1) is 33.7. The molecule has 5 aromatic rings. The number of aryl methyl sites for hydroxylation is 1. The van der Waals surface area contributed by atoms with E-state index in [1.165, 1.54) is 0 Å². The van der Waals surface area contributed by atoms with Crippen molar-refractivity contribution in [3.05, 3.63) is 107 Å². The van der Waals surface area contributed by atoms with Gasteiger partial charge in [-0.2, -0.15) is 0 Å². The van der Waals surface area contributed by atoms with Gasteiger partial charge in [-0.25, -0.2) is 0 Å². The first-order valence-electron chi connectivity index (χ1n) is 17.3. The maximum absolute atomic E-state index is 13.2. The first-order valence-corrected chi connectivity index (χ1v) is 17.3. The second-order valence-corrected chi connectivity index (χ2v) is 13.9. The number of piperidine rings is 1. The number of hydrogen-bond donors (Lipinski definition) is 2. The highest BCUT2D eigenvalue weighted by Gasteiger charge is 2.45. The van der Waals surface area contributed by atoms with Crippen LogP contribution in [-0.4, -0.2) is 67.1 Å². The van der Waals surface area contributed by atoms with Gasteiger partial charge in [0.05, 0.1) is 11.1 Å². The lowest BCUT2D eigenvalue weighted by Crippen LogP contribution is -2.54. The van der Waals surface area contributed by atoms with E-state index in [1.807, 2.05) is 36.4 Å². The van der Waals surface area contributed by atoms with Crippen molar-refractivity contribution in [3.63, 3.8) is 0 Å². The number of imide groups is 2. The van der Waals surface area contributed by atoms with Gasteiger partial charge in [-0.15, -0.1) is 20.4 Å². The lowest BCUT2D eigenvalue weighted by molar-refractivity contribution is -0.136. The van der Waals surface area contributed by atoms with E-state index in [-0.39, 0.29) is 41.5 Å². The molecule has 2 fully saturated rings. The van der Waals surface area contributed by atoms with Crippen LogP contribution in [-0.2, 0) is 15.0 Å². The van der Waals surface area contributed by atoms with Crippen molar-refractivity contribution in [2.45, 2.75) is 70.1 Å². The molecule has 1 saturated carbocycles. The molecule has 2 aromatic heterocycles. The summed E-state index contributed by atoms with van der Waals surface area (Å²) in [5.74, 6) is 0.437. The predicted molar refractivity (Wildman–Crippen MR) is 189 cm³/mol. The van der Waals surface area contributed by atoms with Crippen LogP contribution in [0, 0.1) is 6.92 Å². The number of rotatable bonds is 10. The molecule has 14 heteroatoms. The van der Waals surface area contributed by atoms with Crippen LogP contribution in [0.15, 0.2) is 83.3 Å². The zero-order chi connectivity index (χ0) is 36.9. The number of aromatic nitrogens is 4. The molecule has 268 valence electrons. The molecule has 4 heterocycles. The molecule has 1 unspecified atom stereocenters. The van der Waals surface area contributed by atoms with Gasteiger partial charge in [0.1, 0.15) is 23.6 Å². The summed E-state index contributed by atoms with van der Waals surface area (Å²) in [5.41, 5.74) is 3.64. The number of nitrogens with one attached hydrogen (secondary N) is 2. The van der Waals surface area contributed by atoms with E-state index in [4.69, 9.17) is 13.9 Å². The van der Waals surface area contributed by atoms with E-state index < -0.39 is 29.7 Å². The second-order valence-electron chi connectivity index (χ2n) is 13.9. The number of anilines is 1. The van der Waals surface area contributed by atoms with Gasteiger partial charge in [-0.3, -0.25) is 29.4 Å². The Morgan fingerprint density at radius 2 is 1.51 bits per heavy atom. The van der Waals surface area contributed by atoms with Crippen LogP contribution in [0.4, 0.5) is 5.69 Å². The molecular weight excluding hydrogens is 678 g/mol. The lowest BCUT2D eigenvalue weighted by Gasteiger charge is -2.36. The fraction of sp³-hybridized carbons (Fsp3) is 0.282. The van der Waals surface area contributed by atoms with Crippen LogP contribution >= 0.6 is 0 Å². The molecule has 2 aliphatic heterocycles. The first-order chi connectivity index (χ1) is 25.5. The summed E-state index contributed by atoms with van der Waals surface area (Å²) in [6.07, 6.45) is 1.76. The highest BCUT2D eigenvalue weighted by molar-refractivity contribution is 6.23. The van der Waals surface area contributed by atoms with Crippen LogP contribution in [0.25, 0.3) is 11.6 Å². The summed E-state index contributed by atoms with van der Waals surface area (Å²) in [6.45, 7) is 6.04. The van der Waals surface area contributed by atoms with E-state index in [0.717, 1.165) is 34.6 Å². The van der Waals surface area contributed by atoms with Crippen molar-refractivity contribution >= 4 is 29.3 Å². The van der Waals surface area contributed by atoms with Crippen LogP contribution in [0.2, 0.25) is 0 Å². The summed E-state index contributed by atoms with van der Waals surface area (Å²) in [5, 5.41) is 21.7. The third-order valence-corrected chi connectivity index (χ3v) is 9.97. The van der Waals surface area contributed by atoms with Gasteiger partial charge in [0.25, 0.3) is 17.7 Å². The Kier molecular flexibility index (Phi) is 8.44. The molecule has 2 N–H and O–H groups in total. The molecule has 14 nitrogen and oxygen atoms in total. The highest BCUT2D eigenvalue weighted by Crippen LogP contribution is 2.36. The van der Waals surface area contributed by atoms with Gasteiger partial charge in [0, 0.05) is 49.4 Å². The molecule has 0 radical (unpaired) electrons. The smallest absolute Gasteiger partial charge is 0.268 e. The summed E-state index contributed by atoms with van der Waals surface area (Å²) >= 11 is 0. The Bertz CT molecular complexity index is 2230. The van der Waals surface area contributed by atoms with Crippen molar-refractivity contribution in [1.82, 2.24) is 30.6 Å². The second kappa shape index (κ2) is 13.3. The number of amides is 4. The summed E-state index contributed by atoms with van der Waals surface area (Å²) in [7, 11) is 0. The Hall–Kier alpha value is -6.44. The Morgan fingerprint density at radius 1 is 0.811 bits per heavy atom. The maximum atomic E-state index is 13.2. The summed E-state index contributed by atoms with van der Waals surface area (Å²) in [6, 6.07) is 23.6. The molecule has 53 heavy (non-hydrogen) atoms. The van der Waals surface area contributed by atoms with E-state index in [1.54, 1.807) is 37.3 Å². The fourth-order valence-corrected chi connectivity index (χ4v) is 6.83. The van der Waals surface area contributed by atoms with Gasteiger partial charge in [-0.1, -0.05) is 38.1 Å². The predicted octanol–water partition coefficient (Wildman–Crippen LogP) is 5.38. The zero-order valence-corrected chi connectivity index (χ0v) is 29.2. The molecule has 1 aliphatic carbocycles. The summed E-state index contributed by atoms with van der Waals surface area (Å²) in [4.78, 5) is 51.1. The van der Waals surface area contributed by atoms with Crippen molar-refractivity contribution in [3.8, 4) is 29.0 Å². The third-order valence-electron chi connectivity index (χ3n) is 9.97. The lowest BCUT2D eigenvalue weighted by atomic mass is 9.78. The molecule has 1 saturated heterocycles. The van der Waals surface area contributed by atoms with Crippen LogP contribution < -0.4 is 20.1 Å². The average molecular weight is 714 g/mol. The monoisotopic (exact) mass is 713 g/mol. The van der Waals surface area contributed by atoms with E-state index >= 15 is 0 Å². The van der Waals surface area contributed by atoms with E-state index in [2.05, 4.69) is 57.0 Å². The Labute approximate surface area is 303 Å². The van der Waals surface area contributed by atoms with Gasteiger partial charge in [0.2, 0.25) is 23.6 Å². The molecule has 8 rings (SSSR count). The van der Waals surface area contributed by atoms with Gasteiger partial charge in [-0.05, 0) is 66.1 Å². The quantitative estimate of drug-likeness (QED) is 0.177. The molecule has 3 aliphatic rings. The molecule has 0 spiro atoms. The number of ether oxygens (including phenoxy) is 2. The molecular formula is C39H35N7O7. The Balaban J connectivity index is 0.829. The van der Waals surface area contributed by atoms with Crippen molar-refractivity contribution in [1.29, 1.82) is 0 Å². The van der Waals surface area contributed by atoms with Gasteiger partial charge in [0.15, 0.2) is 5.69 Å². The normalized spacial score (nSPS) is 19.8. The minimum Gasteiger partial charge on any atom is -0.490 e. The fourth-order valence-electron chi connectivity index (χ4n) is 6.83. The SMILES string of the molecule is Cc1nnc(-c2ccc(Oc3ccc(C(C)(C)c4ccc(OC5CC(Nc6ccc7c(c6)C(=O)N(C6CCC(=O)NC6=O)C7=O)C5)cc4)cc3)nn2)o1. The zero-order valence-electron chi connectivity index (χ0n) is 29.2. The number of fused-ring (bicyclic) bond motifs is 1. The minimum absolute atomic E-state index is 0.0310. The number of nitrogens with zero attached hydrogens (tertiary/aromatic N) is 5. The highest BCUT2D eigenvalue weighted by atomic mass is 16.5. The van der Waals surface area contributed by atoms with Gasteiger partial charge >= 0.3 is 0 Å². The van der Waals surface area contributed by atoms with Crippen LogP contribution in [0.1, 0.15) is 77.3 Å². The largest absolute Gasteiger partial charge is 0.490 e. The molecule has 3 aromatic carbocycles. The van der Waals surface area contributed by atoms with Crippen molar-refractivity contribution in [2.75, 3.05) is 5.32 Å². The van der Waals surface area contributed by atoms with Crippen molar-refractivity contribution < 1.29 is 33.1 Å². The minimum atomic E-state index is -0.991. The van der Waals surface area contributed by atoms with Crippen LogP contribution in [0.5, 0.6) is 17.4 Å². The molecule has 4 amide bonds. The number of carbonyl (C=O) groups excluding carboxylic acids is 4. The number of hydrogen-bond acceptors (Lipinski definition) is 12. The molecule has 1 atom stereocenters. The van der Waals surface area contributed by atoms with Crippen molar-refractivity contribution in [2.24, 2.45) is 0 Å². The number of carbonyl (C=O) groups is 4. The average Bonchev–Trinajstić information content (AvgIpc) is 3.68. The topological polar surface area (TPSA) is 179 Å². The van der Waals surface area contributed by atoms with E-state index in [0.29, 0.717) is 34.8 Å². The van der Waals surface area contributed by atoms with Gasteiger partial charge < -0.3 is 19.2 Å². The third kappa shape index (κ3) is 6.59. The summed E-state index contributed by atoms with van der Waals surface area (Å²) < 4.78 is 17.6. The number of benzene rings is 3. The standard InChI is InChI=1S/C39H35N7O7/c1-21-42-45-36(51-21)31-14-17-34(44-43-31)53-27-11-6-23(7-12-27)39(2,3)22-4-9-26(10-5-22)52-28-18-25(19-28)40-24-8-13-29-30(20-24)38(50)46(37(29)49)32-15-16-33(47)41-35(32)48/h4-14,17,20,25,28,32,40H,15-16,18-19H2,1-3H3,(H,41,47,48). The molecule has 0 bridgehead atoms.